The molecule has 1 amide bonds. The van der Waals surface area contributed by atoms with E-state index in [0.717, 1.165) is 37.9 Å². The summed E-state index contributed by atoms with van der Waals surface area (Å²) in [5.41, 5.74) is 1.35. The zero-order chi connectivity index (χ0) is 13.2. The maximum Gasteiger partial charge on any atom is 0.226 e. The average Bonchev–Trinajstić information content (AvgIpc) is 2.89. The van der Waals surface area contributed by atoms with E-state index in [9.17, 15) is 9.59 Å². The smallest absolute Gasteiger partial charge is 0.226 e. The summed E-state index contributed by atoms with van der Waals surface area (Å²) in [6, 6.07) is 0. The van der Waals surface area contributed by atoms with E-state index in [1.807, 2.05) is 9.47 Å². The molecule has 0 bridgehead atoms. The first-order chi connectivity index (χ1) is 9.29. The summed E-state index contributed by atoms with van der Waals surface area (Å²) < 4.78 is 1.98. The maximum atomic E-state index is 12.5. The molecule has 0 spiro atoms. The molecule has 2 aliphatic rings. The zero-order valence-electron chi connectivity index (χ0n) is 11.0. The Balaban J connectivity index is 1.73. The Kier molecular flexibility index (Phi) is 3.36. The Morgan fingerprint density at radius 3 is 2.79 bits per heavy atom. The van der Waals surface area contributed by atoms with Crippen LogP contribution < -0.4 is 0 Å². The lowest BCUT2D eigenvalue weighted by atomic mass is 9.88. The van der Waals surface area contributed by atoms with Gasteiger partial charge in [0.15, 0.2) is 6.29 Å². The minimum atomic E-state index is 0.197. The quantitative estimate of drug-likeness (QED) is 0.760. The number of aldehydes is 1. The topological polar surface area (TPSA) is 55.2 Å². The minimum absolute atomic E-state index is 0.197. The first-order valence-electron chi connectivity index (χ1n) is 7.07. The summed E-state index contributed by atoms with van der Waals surface area (Å²) in [5.74, 6) is 0.465. The Labute approximate surface area is 112 Å². The monoisotopic (exact) mass is 261 g/mol. The predicted octanol–water partition coefficient (Wildman–Crippen LogP) is 1.62. The van der Waals surface area contributed by atoms with Gasteiger partial charge < -0.3 is 9.47 Å². The molecule has 102 valence electrons. The molecular weight excluding hydrogens is 242 g/mol. The van der Waals surface area contributed by atoms with Gasteiger partial charge in [-0.05, 0) is 12.8 Å². The van der Waals surface area contributed by atoms with Gasteiger partial charge in [-0.3, -0.25) is 9.59 Å². The van der Waals surface area contributed by atoms with Gasteiger partial charge in [0, 0.05) is 19.0 Å². The van der Waals surface area contributed by atoms with E-state index < -0.39 is 0 Å². The average molecular weight is 261 g/mol. The van der Waals surface area contributed by atoms with Crippen molar-refractivity contribution in [2.75, 3.05) is 6.54 Å². The minimum Gasteiger partial charge on any atom is -0.335 e. The lowest BCUT2D eigenvalue weighted by molar-refractivity contribution is -0.138. The van der Waals surface area contributed by atoms with Gasteiger partial charge in [-0.25, -0.2) is 4.98 Å². The van der Waals surface area contributed by atoms with Crippen LogP contribution in [0, 0.1) is 5.92 Å². The molecule has 0 N–H and O–H groups in total. The molecule has 3 rings (SSSR count). The second-order valence-corrected chi connectivity index (χ2v) is 5.48. The number of imidazole rings is 1. The van der Waals surface area contributed by atoms with Gasteiger partial charge in [-0.2, -0.15) is 0 Å². The number of nitrogens with zero attached hydrogens (tertiary/aromatic N) is 3. The predicted molar refractivity (Wildman–Crippen MR) is 69.6 cm³/mol. The Hall–Kier alpha value is -1.65. The second-order valence-electron chi connectivity index (χ2n) is 5.48. The standard InChI is InChI=1S/C14H19N3O2/c18-9-12-13-8-16(6-7-17(13)10-15-12)14(19)11-4-2-1-3-5-11/h9-11H,1-8H2. The Morgan fingerprint density at radius 2 is 2.05 bits per heavy atom. The van der Waals surface area contributed by atoms with E-state index in [4.69, 9.17) is 0 Å². The van der Waals surface area contributed by atoms with Crippen molar-refractivity contribution in [3.8, 4) is 0 Å². The normalized spacial score (nSPS) is 20.1. The van der Waals surface area contributed by atoms with Crippen molar-refractivity contribution < 1.29 is 9.59 Å². The highest BCUT2D eigenvalue weighted by Crippen LogP contribution is 2.27. The van der Waals surface area contributed by atoms with Crippen LogP contribution in [-0.4, -0.2) is 33.2 Å². The van der Waals surface area contributed by atoms with Gasteiger partial charge in [0.25, 0.3) is 0 Å². The SMILES string of the molecule is O=Cc1ncn2c1CN(C(=O)C1CCCCC1)CC2. The molecule has 1 aromatic heterocycles. The third kappa shape index (κ3) is 2.29. The van der Waals surface area contributed by atoms with Crippen molar-refractivity contribution in [3.05, 3.63) is 17.7 Å². The first-order valence-corrected chi connectivity index (χ1v) is 7.07. The summed E-state index contributed by atoms with van der Waals surface area (Å²) in [7, 11) is 0. The number of fused-ring (bicyclic) bond motifs is 1. The van der Waals surface area contributed by atoms with Crippen LogP contribution in [0.1, 0.15) is 48.3 Å². The van der Waals surface area contributed by atoms with E-state index in [-0.39, 0.29) is 11.8 Å². The molecule has 2 heterocycles. The van der Waals surface area contributed by atoms with Crippen LogP contribution in [0.25, 0.3) is 0 Å². The van der Waals surface area contributed by atoms with Crippen molar-refractivity contribution in [2.45, 2.75) is 45.2 Å². The summed E-state index contributed by atoms with van der Waals surface area (Å²) in [5, 5.41) is 0. The molecule has 0 aromatic carbocycles. The molecule has 19 heavy (non-hydrogen) atoms. The highest BCUT2D eigenvalue weighted by molar-refractivity contribution is 5.80. The van der Waals surface area contributed by atoms with E-state index in [1.165, 1.54) is 19.3 Å². The summed E-state index contributed by atoms with van der Waals surface area (Å²) >= 11 is 0. The molecule has 0 saturated heterocycles. The highest BCUT2D eigenvalue weighted by Gasteiger charge is 2.29. The summed E-state index contributed by atoms with van der Waals surface area (Å²) in [6.07, 6.45) is 8.11. The Bertz CT molecular complexity index is 489. The summed E-state index contributed by atoms with van der Waals surface area (Å²) in [6.45, 7) is 2.01. The molecular formula is C14H19N3O2. The summed E-state index contributed by atoms with van der Waals surface area (Å²) in [4.78, 5) is 29.4. The van der Waals surface area contributed by atoms with E-state index in [0.29, 0.717) is 12.2 Å². The number of rotatable bonds is 2. The number of hydrogen-bond donors (Lipinski definition) is 0. The van der Waals surface area contributed by atoms with Crippen LogP contribution in [0.5, 0.6) is 0 Å². The number of aromatic nitrogens is 2. The van der Waals surface area contributed by atoms with Gasteiger partial charge in [0.1, 0.15) is 5.69 Å². The number of carbonyl (C=O) groups excluding carboxylic acids is 2. The molecule has 1 saturated carbocycles. The van der Waals surface area contributed by atoms with E-state index in [1.54, 1.807) is 6.33 Å². The van der Waals surface area contributed by atoms with Crippen molar-refractivity contribution in [2.24, 2.45) is 5.92 Å². The number of carbonyl (C=O) groups is 2. The van der Waals surface area contributed by atoms with Crippen molar-refractivity contribution in [1.29, 1.82) is 0 Å². The molecule has 0 unspecified atom stereocenters. The molecule has 5 nitrogen and oxygen atoms in total. The molecule has 5 heteroatoms. The van der Waals surface area contributed by atoms with Gasteiger partial charge in [0.05, 0.1) is 18.6 Å². The molecule has 1 aliphatic heterocycles. The van der Waals surface area contributed by atoms with Crippen molar-refractivity contribution >= 4 is 12.2 Å². The third-order valence-electron chi connectivity index (χ3n) is 4.31. The van der Waals surface area contributed by atoms with Gasteiger partial charge >= 0.3 is 0 Å². The number of amides is 1. The molecule has 1 aromatic rings. The third-order valence-corrected chi connectivity index (χ3v) is 4.31. The molecule has 0 radical (unpaired) electrons. The van der Waals surface area contributed by atoms with Gasteiger partial charge in [0.2, 0.25) is 5.91 Å². The van der Waals surface area contributed by atoms with Crippen LogP contribution in [0.4, 0.5) is 0 Å². The van der Waals surface area contributed by atoms with Gasteiger partial charge in [-0.15, -0.1) is 0 Å². The molecule has 1 fully saturated rings. The van der Waals surface area contributed by atoms with Crippen molar-refractivity contribution in [1.82, 2.24) is 14.5 Å². The largest absolute Gasteiger partial charge is 0.335 e. The van der Waals surface area contributed by atoms with Gasteiger partial charge in [-0.1, -0.05) is 19.3 Å². The van der Waals surface area contributed by atoms with Crippen LogP contribution in [0.15, 0.2) is 6.33 Å². The lowest BCUT2D eigenvalue weighted by Gasteiger charge is -2.32. The van der Waals surface area contributed by atoms with Crippen LogP contribution >= 0.6 is 0 Å². The molecule has 1 aliphatic carbocycles. The number of hydrogen-bond acceptors (Lipinski definition) is 3. The van der Waals surface area contributed by atoms with Crippen LogP contribution in [-0.2, 0) is 17.9 Å². The molecule has 0 atom stereocenters. The highest BCUT2D eigenvalue weighted by atomic mass is 16.2. The lowest BCUT2D eigenvalue weighted by Crippen LogP contribution is -2.42. The second kappa shape index (κ2) is 5.15. The maximum absolute atomic E-state index is 12.5. The zero-order valence-corrected chi connectivity index (χ0v) is 11.0. The Morgan fingerprint density at radius 1 is 1.26 bits per heavy atom. The van der Waals surface area contributed by atoms with E-state index >= 15 is 0 Å². The van der Waals surface area contributed by atoms with Crippen LogP contribution in [0.3, 0.4) is 0 Å². The fourth-order valence-corrected chi connectivity index (χ4v) is 3.17. The van der Waals surface area contributed by atoms with Crippen LogP contribution in [0.2, 0.25) is 0 Å². The fraction of sp³-hybridized carbons (Fsp3) is 0.643. The first kappa shape index (κ1) is 12.4. The van der Waals surface area contributed by atoms with E-state index in [2.05, 4.69) is 4.98 Å². The van der Waals surface area contributed by atoms with Crippen molar-refractivity contribution in [3.63, 3.8) is 0 Å². The fourth-order valence-electron chi connectivity index (χ4n) is 3.17.